The first-order valence-corrected chi connectivity index (χ1v) is 12.9. The minimum absolute atomic E-state index is 0.0142. The van der Waals surface area contributed by atoms with E-state index in [9.17, 15) is 21.6 Å². The second kappa shape index (κ2) is 9.50. The van der Waals surface area contributed by atoms with Crippen LogP contribution in [0.4, 0.5) is 5.69 Å². The van der Waals surface area contributed by atoms with Crippen LogP contribution in [0.3, 0.4) is 0 Å². The number of benzene rings is 2. The van der Waals surface area contributed by atoms with E-state index >= 15 is 0 Å². The molecule has 0 aromatic heterocycles. The summed E-state index contributed by atoms with van der Waals surface area (Å²) in [5.41, 5.74) is 2.33. The van der Waals surface area contributed by atoms with Gasteiger partial charge in [-0.2, -0.15) is 0 Å². The molecule has 1 amide bonds. The van der Waals surface area contributed by atoms with Gasteiger partial charge in [-0.15, -0.1) is 0 Å². The molecule has 0 atom stereocenters. The summed E-state index contributed by atoms with van der Waals surface area (Å²) in [6.07, 6.45) is 0.381. The number of hydrogen-bond donors (Lipinski definition) is 1. The average Bonchev–Trinajstić information content (AvgIpc) is 2.59. The van der Waals surface area contributed by atoms with Gasteiger partial charge in [0.25, 0.3) is 20.0 Å². The van der Waals surface area contributed by atoms with E-state index in [-0.39, 0.29) is 28.2 Å². The summed E-state index contributed by atoms with van der Waals surface area (Å²) >= 11 is 0. The van der Waals surface area contributed by atoms with Gasteiger partial charge in [-0.05, 0) is 68.5 Å². The third kappa shape index (κ3) is 5.72. The first kappa shape index (κ1) is 25.0. The molecule has 0 aliphatic carbocycles. The van der Waals surface area contributed by atoms with Crippen molar-refractivity contribution in [3.8, 4) is 0 Å². The molecule has 0 heterocycles. The van der Waals surface area contributed by atoms with Crippen LogP contribution in [-0.2, 0) is 24.8 Å². The summed E-state index contributed by atoms with van der Waals surface area (Å²) in [4.78, 5) is 11.1. The maximum Gasteiger partial charge on any atom is 0.256 e. The Balaban J connectivity index is 2.61. The first-order valence-electron chi connectivity index (χ1n) is 10.00. The van der Waals surface area contributed by atoms with E-state index in [1.54, 1.807) is 26.0 Å². The number of rotatable bonds is 8. The van der Waals surface area contributed by atoms with Crippen LogP contribution in [-0.4, -0.2) is 33.0 Å². The third-order valence-corrected chi connectivity index (χ3v) is 9.40. The van der Waals surface area contributed by atoms with Gasteiger partial charge in [-0.25, -0.2) is 16.8 Å². The standard InChI is InChI=1S/C22H30N2O5S2/c1-15(2)11-12-24(31(28,29)22-17(4)13-16(3)14-18(22)5)30(26,27)21-9-7-20(8-10-21)23-19(6)25/h7-10,13-15H,11-12H2,1-6H3,(H,23,25). The molecular formula is C22H30N2O5S2. The molecule has 31 heavy (non-hydrogen) atoms. The largest absolute Gasteiger partial charge is 0.326 e. The lowest BCUT2D eigenvalue weighted by Crippen LogP contribution is -2.38. The summed E-state index contributed by atoms with van der Waals surface area (Å²) in [5, 5.41) is 2.56. The Morgan fingerprint density at radius 3 is 1.90 bits per heavy atom. The van der Waals surface area contributed by atoms with Crippen molar-refractivity contribution in [3.63, 3.8) is 0 Å². The summed E-state index contributed by atoms with van der Waals surface area (Å²) in [5.74, 6) is -0.183. The molecular weight excluding hydrogens is 436 g/mol. The Morgan fingerprint density at radius 1 is 0.935 bits per heavy atom. The van der Waals surface area contributed by atoms with Crippen LogP contribution >= 0.6 is 0 Å². The predicted octanol–water partition coefficient (Wildman–Crippen LogP) is 4.00. The van der Waals surface area contributed by atoms with E-state index in [2.05, 4.69) is 5.32 Å². The number of nitrogens with zero attached hydrogens (tertiary/aromatic N) is 1. The van der Waals surface area contributed by atoms with Gasteiger partial charge >= 0.3 is 0 Å². The van der Waals surface area contributed by atoms with Crippen molar-refractivity contribution in [2.45, 2.75) is 57.8 Å². The molecule has 7 nitrogen and oxygen atoms in total. The van der Waals surface area contributed by atoms with Crippen molar-refractivity contribution in [1.29, 1.82) is 0 Å². The molecule has 2 aromatic rings. The van der Waals surface area contributed by atoms with Crippen molar-refractivity contribution >= 4 is 31.6 Å². The minimum Gasteiger partial charge on any atom is -0.326 e. The van der Waals surface area contributed by atoms with Crippen LogP contribution in [0.15, 0.2) is 46.2 Å². The molecule has 170 valence electrons. The minimum atomic E-state index is -4.36. The van der Waals surface area contributed by atoms with Gasteiger partial charge in [0.05, 0.1) is 9.79 Å². The Hall–Kier alpha value is -2.23. The van der Waals surface area contributed by atoms with Crippen LogP contribution < -0.4 is 5.32 Å². The van der Waals surface area contributed by atoms with Crippen molar-refractivity contribution in [2.75, 3.05) is 11.9 Å². The van der Waals surface area contributed by atoms with E-state index in [1.807, 2.05) is 20.8 Å². The molecule has 0 fully saturated rings. The molecule has 0 unspecified atom stereocenters. The summed E-state index contributed by atoms with van der Waals surface area (Å²) in [6.45, 7) is 10.2. The number of hydrogen-bond acceptors (Lipinski definition) is 5. The molecule has 0 radical (unpaired) electrons. The topological polar surface area (TPSA) is 101 Å². The molecule has 0 bridgehead atoms. The number of sulfonamides is 2. The Labute approximate surface area is 185 Å². The van der Waals surface area contributed by atoms with Gasteiger partial charge in [0.2, 0.25) is 5.91 Å². The lowest BCUT2D eigenvalue weighted by Gasteiger charge is -2.25. The number of carbonyl (C=O) groups excluding carboxylic acids is 1. The van der Waals surface area contributed by atoms with Crippen LogP contribution in [0.2, 0.25) is 0 Å². The molecule has 0 aliphatic rings. The highest BCUT2D eigenvalue weighted by molar-refractivity contribution is 8.04. The zero-order valence-electron chi connectivity index (χ0n) is 18.8. The van der Waals surface area contributed by atoms with Gasteiger partial charge in [-0.3, -0.25) is 4.79 Å². The zero-order valence-corrected chi connectivity index (χ0v) is 20.4. The number of carbonyl (C=O) groups is 1. The zero-order chi connectivity index (χ0) is 23.6. The van der Waals surface area contributed by atoms with Crippen LogP contribution in [0.1, 0.15) is 43.9 Å². The van der Waals surface area contributed by atoms with E-state index in [0.29, 0.717) is 26.9 Å². The predicted molar refractivity (Wildman–Crippen MR) is 122 cm³/mol. The molecule has 0 saturated carbocycles. The van der Waals surface area contributed by atoms with Crippen LogP contribution in [0.5, 0.6) is 0 Å². The van der Waals surface area contributed by atoms with Gasteiger partial charge in [-0.1, -0.05) is 35.3 Å². The van der Waals surface area contributed by atoms with Gasteiger partial charge in [0, 0.05) is 19.2 Å². The van der Waals surface area contributed by atoms with Crippen molar-refractivity contribution in [2.24, 2.45) is 5.92 Å². The molecule has 2 rings (SSSR count). The summed E-state index contributed by atoms with van der Waals surface area (Å²) in [6, 6.07) is 8.93. The molecule has 1 N–H and O–H groups in total. The quantitative estimate of drug-likeness (QED) is 0.634. The van der Waals surface area contributed by atoms with Gasteiger partial charge < -0.3 is 5.32 Å². The Bertz CT molecular complexity index is 1150. The number of amides is 1. The van der Waals surface area contributed by atoms with E-state index in [1.165, 1.54) is 31.2 Å². The fourth-order valence-corrected chi connectivity index (χ4v) is 7.50. The number of nitrogens with one attached hydrogen (secondary N) is 1. The molecule has 0 spiro atoms. The molecule has 0 saturated heterocycles. The normalized spacial score (nSPS) is 12.4. The smallest absolute Gasteiger partial charge is 0.256 e. The highest BCUT2D eigenvalue weighted by Crippen LogP contribution is 2.30. The maximum absolute atomic E-state index is 13.6. The fourth-order valence-electron chi connectivity index (χ4n) is 3.44. The Kier molecular flexibility index (Phi) is 7.67. The summed E-state index contributed by atoms with van der Waals surface area (Å²) in [7, 11) is -8.69. The second-order valence-corrected chi connectivity index (χ2v) is 12.0. The second-order valence-electron chi connectivity index (χ2n) is 8.12. The van der Waals surface area contributed by atoms with E-state index < -0.39 is 20.0 Å². The lowest BCUT2D eigenvalue weighted by molar-refractivity contribution is -0.114. The van der Waals surface area contributed by atoms with Crippen molar-refractivity contribution in [1.82, 2.24) is 3.71 Å². The van der Waals surface area contributed by atoms with E-state index in [4.69, 9.17) is 0 Å². The molecule has 0 aliphatic heterocycles. The van der Waals surface area contributed by atoms with E-state index in [0.717, 1.165) is 5.56 Å². The van der Waals surface area contributed by atoms with Crippen LogP contribution in [0.25, 0.3) is 0 Å². The fraction of sp³-hybridized carbons (Fsp3) is 0.409. The molecule has 9 heteroatoms. The van der Waals surface area contributed by atoms with Crippen molar-refractivity contribution in [3.05, 3.63) is 53.1 Å². The number of aryl methyl sites for hydroxylation is 3. The van der Waals surface area contributed by atoms with Gasteiger partial charge in [0.1, 0.15) is 0 Å². The highest BCUT2D eigenvalue weighted by atomic mass is 32.3. The molecule has 2 aromatic carbocycles. The monoisotopic (exact) mass is 466 g/mol. The Morgan fingerprint density at radius 2 is 1.45 bits per heavy atom. The maximum atomic E-state index is 13.6. The third-order valence-electron chi connectivity index (χ3n) is 4.76. The summed E-state index contributed by atoms with van der Waals surface area (Å²) < 4.78 is 54.7. The highest BCUT2D eigenvalue weighted by Gasteiger charge is 2.38. The first-order chi connectivity index (χ1) is 14.3. The number of anilines is 1. The van der Waals surface area contributed by atoms with Gasteiger partial charge in [0.15, 0.2) is 0 Å². The SMILES string of the molecule is CC(=O)Nc1ccc(S(=O)(=O)N(CCC(C)C)S(=O)(=O)c2c(C)cc(C)cc2C)cc1. The van der Waals surface area contributed by atoms with Crippen molar-refractivity contribution < 1.29 is 21.6 Å². The lowest BCUT2D eigenvalue weighted by atomic mass is 10.1. The average molecular weight is 467 g/mol. The van der Waals surface area contributed by atoms with Crippen LogP contribution in [0, 0.1) is 26.7 Å².